The summed E-state index contributed by atoms with van der Waals surface area (Å²) < 4.78 is 35.8. The molecule has 164 valence electrons. The van der Waals surface area contributed by atoms with E-state index in [0.717, 1.165) is 23.2 Å². The molecule has 0 amide bonds. The van der Waals surface area contributed by atoms with E-state index in [1.54, 1.807) is 30.2 Å². The Kier molecular flexibility index (Phi) is 6.12. The molecule has 1 atom stereocenters. The van der Waals surface area contributed by atoms with Gasteiger partial charge in [0, 0.05) is 49.5 Å². The van der Waals surface area contributed by atoms with Crippen molar-refractivity contribution in [2.45, 2.75) is 44.7 Å². The van der Waals surface area contributed by atoms with Gasteiger partial charge in [-0.3, -0.25) is 9.67 Å². The molecule has 0 aromatic carbocycles. The predicted octanol–water partition coefficient (Wildman–Crippen LogP) is 2.52. The van der Waals surface area contributed by atoms with Crippen LogP contribution < -0.4 is 0 Å². The lowest BCUT2D eigenvalue weighted by molar-refractivity contribution is -0.00498. The minimum absolute atomic E-state index is 0.196. The Bertz CT molecular complexity index is 1160. The van der Waals surface area contributed by atoms with Crippen LogP contribution in [0.4, 0.5) is 0 Å². The molecular formula is C21H26N6O3S. The van der Waals surface area contributed by atoms with Crippen LogP contribution in [0.2, 0.25) is 0 Å². The van der Waals surface area contributed by atoms with Gasteiger partial charge in [0.05, 0.1) is 18.0 Å². The maximum atomic E-state index is 13.3. The van der Waals surface area contributed by atoms with Crippen LogP contribution in [0.25, 0.3) is 11.1 Å². The number of aromatic nitrogens is 5. The molecule has 3 aromatic heterocycles. The van der Waals surface area contributed by atoms with Crippen molar-refractivity contribution in [3.05, 3.63) is 54.1 Å². The Morgan fingerprint density at radius 3 is 2.68 bits per heavy atom. The average Bonchev–Trinajstić information content (AvgIpc) is 3.15. The Morgan fingerprint density at radius 1 is 1.16 bits per heavy atom. The third-order valence-electron chi connectivity index (χ3n) is 5.20. The van der Waals surface area contributed by atoms with E-state index in [0.29, 0.717) is 31.1 Å². The molecule has 1 unspecified atom stereocenters. The number of rotatable bonds is 6. The van der Waals surface area contributed by atoms with E-state index in [1.807, 2.05) is 26.0 Å². The summed E-state index contributed by atoms with van der Waals surface area (Å²) >= 11 is 0. The van der Waals surface area contributed by atoms with E-state index in [-0.39, 0.29) is 11.4 Å². The second-order valence-corrected chi connectivity index (χ2v) is 9.52. The molecule has 0 saturated carbocycles. The highest BCUT2D eigenvalue weighted by Gasteiger charge is 2.34. The summed E-state index contributed by atoms with van der Waals surface area (Å²) in [5, 5.41) is 4.35. The molecule has 4 heterocycles. The van der Waals surface area contributed by atoms with E-state index in [1.165, 1.54) is 10.6 Å². The first kappa shape index (κ1) is 21.5. The summed E-state index contributed by atoms with van der Waals surface area (Å²) in [6, 6.07) is 3.86. The summed E-state index contributed by atoms with van der Waals surface area (Å²) in [6.07, 6.45) is 7.00. The number of morpholine rings is 1. The van der Waals surface area contributed by atoms with Crippen molar-refractivity contribution in [2.24, 2.45) is 0 Å². The summed E-state index contributed by atoms with van der Waals surface area (Å²) in [6.45, 7) is 7.13. The zero-order valence-electron chi connectivity index (χ0n) is 17.9. The summed E-state index contributed by atoms with van der Waals surface area (Å²) in [7, 11) is -3.68. The molecule has 31 heavy (non-hydrogen) atoms. The van der Waals surface area contributed by atoms with Gasteiger partial charge in [-0.2, -0.15) is 9.40 Å². The zero-order valence-corrected chi connectivity index (χ0v) is 18.7. The first-order chi connectivity index (χ1) is 14.9. The maximum Gasteiger partial charge on any atom is 0.246 e. The van der Waals surface area contributed by atoms with Gasteiger partial charge in [-0.25, -0.2) is 18.4 Å². The molecular weight excluding hydrogens is 416 g/mol. The average molecular weight is 443 g/mol. The fourth-order valence-corrected chi connectivity index (χ4v) is 5.33. The first-order valence-electron chi connectivity index (χ1n) is 10.3. The van der Waals surface area contributed by atoms with Crippen LogP contribution in [0.1, 0.15) is 36.5 Å². The fourth-order valence-electron chi connectivity index (χ4n) is 3.73. The summed E-state index contributed by atoms with van der Waals surface area (Å²) in [4.78, 5) is 13.0. The standard InChI is InChI=1S/C21H26N6O3S/c1-4-5-26-13-21(16(3)25-26)31(28,29)27-6-7-30-20(12-27)19-9-17(8-15(2)24-19)18-10-22-14-23-11-18/h8-11,13-14,20H,4-7,12H2,1-3H3. The minimum Gasteiger partial charge on any atom is -0.369 e. The molecule has 10 heteroatoms. The van der Waals surface area contributed by atoms with Gasteiger partial charge in [0.25, 0.3) is 0 Å². The van der Waals surface area contributed by atoms with Crippen LogP contribution in [0, 0.1) is 13.8 Å². The van der Waals surface area contributed by atoms with Crippen LogP contribution in [0.3, 0.4) is 0 Å². The van der Waals surface area contributed by atoms with Crippen molar-refractivity contribution >= 4 is 10.0 Å². The molecule has 1 saturated heterocycles. The highest BCUT2D eigenvalue weighted by molar-refractivity contribution is 7.89. The largest absolute Gasteiger partial charge is 0.369 e. The predicted molar refractivity (Wildman–Crippen MR) is 115 cm³/mol. The quantitative estimate of drug-likeness (QED) is 0.578. The van der Waals surface area contributed by atoms with Crippen molar-refractivity contribution in [3.63, 3.8) is 0 Å². The minimum atomic E-state index is -3.68. The Hall–Kier alpha value is -2.69. The van der Waals surface area contributed by atoms with Crippen molar-refractivity contribution in [1.29, 1.82) is 0 Å². The molecule has 0 bridgehead atoms. The van der Waals surface area contributed by atoms with Crippen LogP contribution in [-0.2, 0) is 21.3 Å². The normalized spacial score (nSPS) is 17.7. The number of pyridine rings is 1. The third-order valence-corrected chi connectivity index (χ3v) is 7.17. The lowest BCUT2D eigenvalue weighted by Crippen LogP contribution is -2.42. The van der Waals surface area contributed by atoms with Crippen LogP contribution in [-0.4, -0.2) is 57.2 Å². The highest BCUT2D eigenvalue weighted by Crippen LogP contribution is 2.29. The number of sulfonamides is 1. The number of hydrogen-bond acceptors (Lipinski definition) is 7. The second kappa shape index (κ2) is 8.81. The van der Waals surface area contributed by atoms with Crippen molar-refractivity contribution in [3.8, 4) is 11.1 Å². The Labute approximate surface area is 182 Å². The zero-order chi connectivity index (χ0) is 22.0. The van der Waals surface area contributed by atoms with Crippen molar-refractivity contribution in [1.82, 2.24) is 29.0 Å². The third kappa shape index (κ3) is 4.51. The van der Waals surface area contributed by atoms with Gasteiger partial charge < -0.3 is 4.74 Å². The molecule has 3 aromatic rings. The Balaban J connectivity index is 1.61. The van der Waals surface area contributed by atoms with E-state index in [2.05, 4.69) is 20.1 Å². The topological polar surface area (TPSA) is 103 Å². The first-order valence-corrected chi connectivity index (χ1v) is 11.7. The van der Waals surface area contributed by atoms with Gasteiger partial charge >= 0.3 is 0 Å². The van der Waals surface area contributed by atoms with Crippen molar-refractivity contribution < 1.29 is 13.2 Å². The smallest absolute Gasteiger partial charge is 0.246 e. The second-order valence-electron chi connectivity index (χ2n) is 7.61. The highest BCUT2D eigenvalue weighted by atomic mass is 32.2. The van der Waals surface area contributed by atoms with E-state index < -0.39 is 16.1 Å². The van der Waals surface area contributed by atoms with Gasteiger partial charge in [0.1, 0.15) is 17.3 Å². The molecule has 0 spiro atoms. The van der Waals surface area contributed by atoms with Gasteiger partial charge in [0.2, 0.25) is 10.0 Å². The lowest BCUT2D eigenvalue weighted by Gasteiger charge is -2.32. The monoisotopic (exact) mass is 442 g/mol. The molecule has 1 aliphatic heterocycles. The van der Waals surface area contributed by atoms with Gasteiger partial charge in [-0.05, 0) is 38.0 Å². The Morgan fingerprint density at radius 2 is 1.94 bits per heavy atom. The number of hydrogen-bond donors (Lipinski definition) is 0. The number of aryl methyl sites for hydroxylation is 3. The van der Waals surface area contributed by atoms with Gasteiger partial charge in [-0.1, -0.05) is 6.92 Å². The van der Waals surface area contributed by atoms with E-state index >= 15 is 0 Å². The van der Waals surface area contributed by atoms with Crippen LogP contribution in [0.15, 0.2) is 41.9 Å². The molecule has 1 aliphatic rings. The molecule has 4 rings (SSSR count). The maximum absolute atomic E-state index is 13.3. The summed E-state index contributed by atoms with van der Waals surface area (Å²) in [5.41, 5.74) is 3.81. The van der Waals surface area contributed by atoms with Gasteiger partial charge in [-0.15, -0.1) is 0 Å². The number of ether oxygens (including phenoxy) is 1. The molecule has 0 aliphatic carbocycles. The van der Waals surface area contributed by atoms with E-state index in [4.69, 9.17) is 4.74 Å². The lowest BCUT2D eigenvalue weighted by atomic mass is 10.1. The fraction of sp³-hybridized carbons (Fsp3) is 0.429. The van der Waals surface area contributed by atoms with Crippen LogP contribution >= 0.6 is 0 Å². The van der Waals surface area contributed by atoms with Crippen molar-refractivity contribution in [2.75, 3.05) is 19.7 Å². The van der Waals surface area contributed by atoms with Gasteiger partial charge in [0.15, 0.2) is 0 Å². The summed E-state index contributed by atoms with van der Waals surface area (Å²) in [5.74, 6) is 0. The molecule has 0 N–H and O–H groups in total. The van der Waals surface area contributed by atoms with Crippen LogP contribution in [0.5, 0.6) is 0 Å². The molecule has 1 fully saturated rings. The molecule has 0 radical (unpaired) electrons. The van der Waals surface area contributed by atoms with E-state index in [9.17, 15) is 8.42 Å². The molecule has 9 nitrogen and oxygen atoms in total. The number of nitrogens with zero attached hydrogens (tertiary/aromatic N) is 6. The SMILES string of the molecule is CCCn1cc(S(=O)(=O)N2CCOC(c3cc(-c4cncnc4)cc(C)n3)C2)c(C)n1.